The Bertz CT molecular complexity index is 1430. The van der Waals surface area contributed by atoms with Crippen molar-refractivity contribution in [3.8, 4) is 17.2 Å². The molecule has 0 spiro atoms. The molecule has 33 heavy (non-hydrogen) atoms. The molecule has 0 bridgehead atoms. The van der Waals surface area contributed by atoms with Crippen molar-refractivity contribution in [3.63, 3.8) is 0 Å². The number of aryl methyl sites for hydroxylation is 1. The summed E-state index contributed by atoms with van der Waals surface area (Å²) in [6.45, 7) is 1.73. The van der Waals surface area contributed by atoms with E-state index in [1.165, 1.54) is 30.3 Å². The molecule has 0 radical (unpaired) electrons. The lowest BCUT2D eigenvalue weighted by molar-refractivity contribution is -0.154. The first-order chi connectivity index (χ1) is 15.6. The fourth-order valence-electron chi connectivity index (χ4n) is 3.08. The number of esters is 1. The van der Waals surface area contributed by atoms with Crippen molar-refractivity contribution in [3.05, 3.63) is 98.3 Å². The summed E-state index contributed by atoms with van der Waals surface area (Å²) in [4.78, 5) is 25.3. The number of rotatable bonds is 4. The van der Waals surface area contributed by atoms with Crippen molar-refractivity contribution in [2.75, 3.05) is 0 Å². The van der Waals surface area contributed by atoms with Gasteiger partial charge in [-0.15, -0.1) is 0 Å². The Morgan fingerprint density at radius 3 is 2.42 bits per heavy atom. The number of ether oxygens (including phenoxy) is 2. The highest BCUT2D eigenvalue weighted by atomic mass is 79.9. The minimum atomic E-state index is -5.01. The van der Waals surface area contributed by atoms with Crippen LogP contribution in [0.25, 0.3) is 11.0 Å². The average molecular weight is 519 g/mol. The van der Waals surface area contributed by atoms with Crippen molar-refractivity contribution in [1.29, 1.82) is 0 Å². The van der Waals surface area contributed by atoms with Gasteiger partial charge >= 0.3 is 12.1 Å². The van der Waals surface area contributed by atoms with Crippen molar-refractivity contribution >= 4 is 32.9 Å². The van der Waals surface area contributed by atoms with Gasteiger partial charge in [-0.05, 0) is 64.8 Å². The van der Waals surface area contributed by atoms with E-state index in [-0.39, 0.29) is 22.4 Å². The molecule has 0 saturated carbocycles. The van der Waals surface area contributed by atoms with Crippen molar-refractivity contribution in [2.45, 2.75) is 13.1 Å². The van der Waals surface area contributed by atoms with Gasteiger partial charge < -0.3 is 13.9 Å². The van der Waals surface area contributed by atoms with Crippen LogP contribution in [0.3, 0.4) is 0 Å². The van der Waals surface area contributed by atoms with Gasteiger partial charge in [-0.1, -0.05) is 24.3 Å². The van der Waals surface area contributed by atoms with Crippen molar-refractivity contribution < 1.29 is 31.9 Å². The normalized spacial score (nSPS) is 11.4. The molecular formula is C24H14BrF3O5. The van der Waals surface area contributed by atoms with E-state index in [0.717, 1.165) is 11.6 Å². The smallest absolute Gasteiger partial charge is 0.449 e. The highest BCUT2D eigenvalue weighted by Crippen LogP contribution is 2.38. The fraction of sp³-hybridized carbons (Fsp3) is 0.0833. The Kier molecular flexibility index (Phi) is 5.99. The van der Waals surface area contributed by atoms with Gasteiger partial charge in [0.25, 0.3) is 5.76 Å². The van der Waals surface area contributed by atoms with Crippen LogP contribution in [0.2, 0.25) is 0 Å². The van der Waals surface area contributed by atoms with E-state index in [9.17, 15) is 22.8 Å². The lowest BCUT2D eigenvalue weighted by atomic mass is 10.2. The van der Waals surface area contributed by atoms with Gasteiger partial charge in [0.1, 0.15) is 17.1 Å². The van der Waals surface area contributed by atoms with Crippen LogP contribution in [0.15, 0.2) is 80.4 Å². The second-order valence-corrected chi connectivity index (χ2v) is 7.89. The summed E-state index contributed by atoms with van der Waals surface area (Å²) >= 11 is 3.23. The van der Waals surface area contributed by atoms with E-state index in [1.807, 2.05) is 0 Å². The summed E-state index contributed by atoms with van der Waals surface area (Å²) < 4.78 is 57.2. The van der Waals surface area contributed by atoms with Crippen LogP contribution in [0, 0.1) is 6.92 Å². The van der Waals surface area contributed by atoms with Crippen LogP contribution in [-0.2, 0) is 6.18 Å². The van der Waals surface area contributed by atoms with E-state index in [4.69, 9.17) is 13.9 Å². The first kappa shape index (κ1) is 22.6. The molecule has 5 nitrogen and oxygen atoms in total. The molecule has 0 saturated heterocycles. The van der Waals surface area contributed by atoms with Crippen molar-refractivity contribution in [2.24, 2.45) is 0 Å². The fourth-order valence-corrected chi connectivity index (χ4v) is 3.53. The Labute approximate surface area is 193 Å². The van der Waals surface area contributed by atoms with Gasteiger partial charge in [0, 0.05) is 10.5 Å². The Morgan fingerprint density at radius 2 is 1.73 bits per heavy atom. The second kappa shape index (κ2) is 8.74. The van der Waals surface area contributed by atoms with Gasteiger partial charge in [0.05, 0.1) is 10.9 Å². The van der Waals surface area contributed by atoms with Crippen LogP contribution in [-0.4, -0.2) is 5.97 Å². The molecule has 0 atom stereocenters. The number of carbonyl (C=O) groups is 1. The monoisotopic (exact) mass is 518 g/mol. The van der Waals surface area contributed by atoms with E-state index in [2.05, 4.69) is 15.9 Å². The molecule has 4 rings (SSSR count). The maximum atomic E-state index is 13.7. The topological polar surface area (TPSA) is 65.7 Å². The van der Waals surface area contributed by atoms with Crippen LogP contribution >= 0.6 is 15.9 Å². The maximum Gasteiger partial charge on any atom is 0.453 e. The number of halogens is 4. The largest absolute Gasteiger partial charge is 0.453 e. The summed E-state index contributed by atoms with van der Waals surface area (Å²) in [6.07, 6.45) is -5.01. The standard InChI is InChI=1S/C24H14BrF3O5/c1-13-5-4-6-14(11-13)31-21-20(29)17-10-9-15(12-19(17)33-22(21)24(26,27)28)32-23(30)16-7-2-3-8-18(16)25/h2-12H,1H3. The third kappa shape index (κ3) is 4.78. The molecule has 0 aliphatic heterocycles. The van der Waals surface area contributed by atoms with Gasteiger partial charge in [-0.25, -0.2) is 4.79 Å². The lowest BCUT2D eigenvalue weighted by Crippen LogP contribution is -2.15. The van der Waals surface area contributed by atoms with Crippen LogP contribution in [0.1, 0.15) is 21.7 Å². The summed E-state index contributed by atoms with van der Waals surface area (Å²) in [5.41, 5.74) is -0.449. The molecule has 3 aromatic carbocycles. The van der Waals surface area contributed by atoms with E-state index in [0.29, 0.717) is 4.47 Å². The number of fused-ring (bicyclic) bond motifs is 1. The molecule has 9 heteroatoms. The number of hydrogen-bond donors (Lipinski definition) is 0. The zero-order valence-electron chi connectivity index (χ0n) is 16.9. The zero-order chi connectivity index (χ0) is 23.8. The second-order valence-electron chi connectivity index (χ2n) is 7.03. The quantitative estimate of drug-likeness (QED) is 0.217. The molecule has 0 amide bonds. The van der Waals surface area contributed by atoms with Crippen LogP contribution < -0.4 is 14.9 Å². The Morgan fingerprint density at radius 1 is 0.970 bits per heavy atom. The van der Waals surface area contributed by atoms with E-state index >= 15 is 0 Å². The highest BCUT2D eigenvalue weighted by molar-refractivity contribution is 9.10. The van der Waals surface area contributed by atoms with Crippen LogP contribution in [0.5, 0.6) is 17.2 Å². The number of carbonyl (C=O) groups excluding carboxylic acids is 1. The summed E-state index contributed by atoms with van der Waals surface area (Å²) in [5, 5.41) is -0.161. The van der Waals surface area contributed by atoms with Crippen molar-refractivity contribution in [1.82, 2.24) is 0 Å². The molecule has 0 aliphatic rings. The molecular weight excluding hydrogens is 505 g/mol. The number of hydrogen-bond acceptors (Lipinski definition) is 5. The minimum Gasteiger partial charge on any atom is -0.449 e. The number of alkyl halides is 3. The molecule has 0 fully saturated rings. The predicted octanol–water partition coefficient (Wildman–Crippen LogP) is 6.89. The molecule has 168 valence electrons. The van der Waals surface area contributed by atoms with Gasteiger partial charge in [-0.2, -0.15) is 13.2 Å². The van der Waals surface area contributed by atoms with Crippen LogP contribution in [0.4, 0.5) is 13.2 Å². The Hall–Kier alpha value is -3.59. The minimum absolute atomic E-state index is 0.0612. The molecule has 4 aromatic rings. The summed E-state index contributed by atoms with van der Waals surface area (Å²) in [7, 11) is 0. The van der Waals surface area contributed by atoms with E-state index in [1.54, 1.807) is 37.3 Å². The molecule has 0 aliphatic carbocycles. The van der Waals surface area contributed by atoms with E-state index < -0.39 is 34.7 Å². The van der Waals surface area contributed by atoms with Gasteiger partial charge in [-0.3, -0.25) is 4.79 Å². The lowest BCUT2D eigenvalue weighted by Gasteiger charge is -2.14. The average Bonchev–Trinajstić information content (AvgIpc) is 2.75. The van der Waals surface area contributed by atoms with Gasteiger partial charge in [0.2, 0.25) is 11.2 Å². The number of benzene rings is 3. The molecule has 0 N–H and O–H groups in total. The third-order valence-electron chi connectivity index (χ3n) is 4.59. The highest BCUT2D eigenvalue weighted by Gasteiger charge is 2.40. The molecule has 1 aromatic heterocycles. The first-order valence-electron chi connectivity index (χ1n) is 9.53. The first-order valence-corrected chi connectivity index (χ1v) is 10.3. The predicted molar refractivity (Wildman–Crippen MR) is 118 cm³/mol. The Balaban J connectivity index is 1.77. The summed E-state index contributed by atoms with van der Waals surface area (Å²) in [5.74, 6) is -3.33. The van der Waals surface area contributed by atoms with Gasteiger partial charge in [0.15, 0.2) is 0 Å². The SMILES string of the molecule is Cc1cccc(Oc2c(C(F)(F)F)oc3cc(OC(=O)c4ccccc4Br)ccc3c2=O)c1. The summed E-state index contributed by atoms with van der Waals surface area (Å²) in [6, 6.07) is 16.3. The third-order valence-corrected chi connectivity index (χ3v) is 5.28. The maximum absolute atomic E-state index is 13.7. The zero-order valence-corrected chi connectivity index (χ0v) is 18.5. The molecule has 1 heterocycles. The molecule has 0 unspecified atom stereocenters.